The van der Waals surface area contributed by atoms with E-state index in [9.17, 15) is 19.5 Å². The largest absolute Gasteiger partial charge is 0.480 e. The molecule has 1 rings (SSSR count). The van der Waals surface area contributed by atoms with Gasteiger partial charge in [0.15, 0.2) is 0 Å². The van der Waals surface area contributed by atoms with Gasteiger partial charge in [0.1, 0.15) is 11.6 Å². The average molecular weight is 270 g/mol. The summed E-state index contributed by atoms with van der Waals surface area (Å²) >= 11 is 0. The molecule has 1 aliphatic rings. The molecule has 1 unspecified atom stereocenters. The fourth-order valence-electron chi connectivity index (χ4n) is 2.44. The molecule has 0 aromatic rings. The molecule has 6 nitrogen and oxygen atoms in total. The monoisotopic (exact) mass is 270 g/mol. The quantitative estimate of drug-likeness (QED) is 0.684. The van der Waals surface area contributed by atoms with E-state index in [-0.39, 0.29) is 11.8 Å². The first kappa shape index (κ1) is 15.5. The summed E-state index contributed by atoms with van der Waals surface area (Å²) in [7, 11) is 0. The minimum Gasteiger partial charge on any atom is -0.480 e. The molecule has 19 heavy (non-hydrogen) atoms. The standard InChI is InChI=1S/C13H22N2O4/c1-8(2)10(14-9(3)16)11(17)15-13(12(18)19)6-4-5-7-13/h8,10H,4-7H2,1-3H3,(H,14,16)(H,15,17)(H,18,19). The molecule has 1 aliphatic carbocycles. The maximum absolute atomic E-state index is 12.2. The van der Waals surface area contributed by atoms with Crippen LogP contribution in [0.25, 0.3) is 0 Å². The van der Waals surface area contributed by atoms with Gasteiger partial charge in [0.2, 0.25) is 11.8 Å². The van der Waals surface area contributed by atoms with Crippen LogP contribution >= 0.6 is 0 Å². The Hall–Kier alpha value is -1.59. The summed E-state index contributed by atoms with van der Waals surface area (Å²) in [4.78, 5) is 34.7. The van der Waals surface area contributed by atoms with E-state index in [4.69, 9.17) is 0 Å². The van der Waals surface area contributed by atoms with Gasteiger partial charge in [-0.2, -0.15) is 0 Å². The van der Waals surface area contributed by atoms with E-state index >= 15 is 0 Å². The number of amides is 2. The maximum atomic E-state index is 12.2. The third kappa shape index (κ3) is 3.68. The molecule has 0 aliphatic heterocycles. The van der Waals surface area contributed by atoms with Crippen molar-refractivity contribution in [3.8, 4) is 0 Å². The summed E-state index contributed by atoms with van der Waals surface area (Å²) in [6, 6.07) is -0.700. The summed E-state index contributed by atoms with van der Waals surface area (Å²) in [6.45, 7) is 4.95. The van der Waals surface area contributed by atoms with Crippen molar-refractivity contribution in [3.63, 3.8) is 0 Å². The van der Waals surface area contributed by atoms with Gasteiger partial charge < -0.3 is 15.7 Å². The summed E-state index contributed by atoms with van der Waals surface area (Å²) < 4.78 is 0. The Morgan fingerprint density at radius 1 is 1.16 bits per heavy atom. The zero-order chi connectivity index (χ0) is 14.6. The van der Waals surface area contributed by atoms with Crippen LogP contribution < -0.4 is 10.6 Å². The molecule has 1 atom stereocenters. The van der Waals surface area contributed by atoms with Crippen molar-refractivity contribution in [1.29, 1.82) is 0 Å². The lowest BCUT2D eigenvalue weighted by Crippen LogP contribution is -2.59. The first-order valence-electron chi connectivity index (χ1n) is 6.61. The highest BCUT2D eigenvalue weighted by molar-refractivity contribution is 5.92. The van der Waals surface area contributed by atoms with E-state index < -0.39 is 23.5 Å². The number of carbonyl (C=O) groups is 3. The second kappa shape index (κ2) is 6.04. The smallest absolute Gasteiger partial charge is 0.329 e. The van der Waals surface area contributed by atoms with Gasteiger partial charge in [0.25, 0.3) is 0 Å². The van der Waals surface area contributed by atoms with E-state index in [1.165, 1.54) is 6.92 Å². The van der Waals surface area contributed by atoms with Crippen molar-refractivity contribution in [1.82, 2.24) is 10.6 Å². The Morgan fingerprint density at radius 2 is 1.68 bits per heavy atom. The number of aliphatic carboxylic acids is 1. The molecule has 0 heterocycles. The molecule has 3 N–H and O–H groups in total. The van der Waals surface area contributed by atoms with Crippen LogP contribution in [0.4, 0.5) is 0 Å². The van der Waals surface area contributed by atoms with Crippen molar-refractivity contribution in [3.05, 3.63) is 0 Å². The molecule has 1 fully saturated rings. The van der Waals surface area contributed by atoms with Gasteiger partial charge in [-0.05, 0) is 18.8 Å². The first-order valence-corrected chi connectivity index (χ1v) is 6.61. The Bertz CT molecular complexity index is 373. The van der Waals surface area contributed by atoms with E-state index in [2.05, 4.69) is 10.6 Å². The molecule has 2 amide bonds. The molecular formula is C13H22N2O4. The van der Waals surface area contributed by atoms with Crippen LogP contribution in [0.2, 0.25) is 0 Å². The van der Waals surface area contributed by atoms with Gasteiger partial charge in [0.05, 0.1) is 0 Å². The van der Waals surface area contributed by atoms with Gasteiger partial charge >= 0.3 is 5.97 Å². The summed E-state index contributed by atoms with van der Waals surface area (Å²) in [6.07, 6.45) is 2.47. The summed E-state index contributed by atoms with van der Waals surface area (Å²) in [5.41, 5.74) is -1.16. The zero-order valence-electron chi connectivity index (χ0n) is 11.7. The second-order valence-electron chi connectivity index (χ2n) is 5.51. The number of hydrogen-bond donors (Lipinski definition) is 3. The molecule has 0 spiro atoms. The number of nitrogens with one attached hydrogen (secondary N) is 2. The van der Waals surface area contributed by atoms with Crippen LogP contribution in [-0.4, -0.2) is 34.5 Å². The zero-order valence-corrected chi connectivity index (χ0v) is 11.7. The van der Waals surface area contributed by atoms with Crippen molar-refractivity contribution in [2.45, 2.75) is 58.0 Å². The van der Waals surface area contributed by atoms with Gasteiger partial charge in [-0.1, -0.05) is 26.7 Å². The highest BCUT2D eigenvalue weighted by atomic mass is 16.4. The number of carbonyl (C=O) groups excluding carboxylic acids is 2. The molecule has 0 saturated heterocycles. The van der Waals surface area contributed by atoms with E-state index in [0.717, 1.165) is 12.8 Å². The van der Waals surface area contributed by atoms with Crippen molar-refractivity contribution >= 4 is 17.8 Å². The van der Waals surface area contributed by atoms with Crippen molar-refractivity contribution in [2.24, 2.45) is 5.92 Å². The Balaban J connectivity index is 2.80. The third-order valence-electron chi connectivity index (χ3n) is 3.54. The summed E-state index contributed by atoms with van der Waals surface area (Å²) in [5, 5.41) is 14.5. The lowest BCUT2D eigenvalue weighted by Gasteiger charge is -2.29. The van der Waals surface area contributed by atoms with Crippen LogP contribution in [0, 0.1) is 5.92 Å². The van der Waals surface area contributed by atoms with Gasteiger partial charge in [-0.25, -0.2) is 4.79 Å². The minimum atomic E-state index is -1.16. The minimum absolute atomic E-state index is 0.101. The number of rotatable bonds is 5. The predicted octanol–water partition coefficient (Wildman–Crippen LogP) is 0.661. The van der Waals surface area contributed by atoms with Crippen LogP contribution in [0.1, 0.15) is 46.5 Å². The van der Waals surface area contributed by atoms with Crippen LogP contribution in [0.15, 0.2) is 0 Å². The molecule has 0 radical (unpaired) electrons. The van der Waals surface area contributed by atoms with Crippen LogP contribution in [-0.2, 0) is 14.4 Å². The van der Waals surface area contributed by atoms with Crippen LogP contribution in [0.5, 0.6) is 0 Å². The molecular weight excluding hydrogens is 248 g/mol. The van der Waals surface area contributed by atoms with Gasteiger partial charge in [-0.3, -0.25) is 9.59 Å². The Labute approximate surface area is 112 Å². The second-order valence-corrected chi connectivity index (χ2v) is 5.51. The molecule has 1 saturated carbocycles. The Morgan fingerprint density at radius 3 is 2.05 bits per heavy atom. The van der Waals surface area contributed by atoms with Crippen molar-refractivity contribution < 1.29 is 19.5 Å². The predicted molar refractivity (Wildman–Crippen MR) is 69.4 cm³/mol. The molecule has 0 bridgehead atoms. The topological polar surface area (TPSA) is 95.5 Å². The molecule has 6 heteroatoms. The average Bonchev–Trinajstić information content (AvgIpc) is 2.74. The number of carboxylic acids is 1. The fourth-order valence-corrected chi connectivity index (χ4v) is 2.44. The maximum Gasteiger partial charge on any atom is 0.329 e. The SMILES string of the molecule is CC(=O)NC(C(=O)NC1(C(=O)O)CCCC1)C(C)C. The van der Waals surface area contributed by atoms with Gasteiger partial charge in [0, 0.05) is 6.92 Å². The highest BCUT2D eigenvalue weighted by Crippen LogP contribution is 2.30. The Kier molecular flexibility index (Phi) is 4.91. The van der Waals surface area contributed by atoms with Gasteiger partial charge in [-0.15, -0.1) is 0 Å². The molecule has 108 valence electrons. The highest BCUT2D eigenvalue weighted by Gasteiger charge is 2.43. The number of carboxylic acid groups (broad SMARTS) is 1. The van der Waals surface area contributed by atoms with E-state index in [1.807, 2.05) is 13.8 Å². The van der Waals surface area contributed by atoms with E-state index in [1.54, 1.807) is 0 Å². The summed E-state index contributed by atoms with van der Waals surface area (Å²) in [5.74, 6) is -1.82. The lowest BCUT2D eigenvalue weighted by atomic mass is 9.95. The molecule has 0 aromatic carbocycles. The molecule has 0 aromatic heterocycles. The number of hydrogen-bond acceptors (Lipinski definition) is 3. The third-order valence-corrected chi connectivity index (χ3v) is 3.54. The normalized spacial score (nSPS) is 18.9. The lowest BCUT2D eigenvalue weighted by molar-refractivity contribution is -0.148. The first-order chi connectivity index (χ1) is 8.78. The fraction of sp³-hybridized carbons (Fsp3) is 0.769. The van der Waals surface area contributed by atoms with Crippen molar-refractivity contribution in [2.75, 3.05) is 0 Å². The van der Waals surface area contributed by atoms with E-state index in [0.29, 0.717) is 12.8 Å². The van der Waals surface area contributed by atoms with Crippen LogP contribution in [0.3, 0.4) is 0 Å².